The van der Waals surface area contributed by atoms with Gasteiger partial charge in [0.15, 0.2) is 0 Å². The Morgan fingerprint density at radius 3 is 2.69 bits per heavy atom. The summed E-state index contributed by atoms with van der Waals surface area (Å²) in [5.74, 6) is -0.151. The van der Waals surface area contributed by atoms with Crippen LogP contribution < -0.4 is 5.32 Å². The third-order valence-electron chi connectivity index (χ3n) is 3.38. The summed E-state index contributed by atoms with van der Waals surface area (Å²) >= 11 is 0. The largest absolute Gasteiger partial charge is 0.353 e. The molecule has 1 saturated carbocycles. The molecule has 0 heterocycles. The summed E-state index contributed by atoms with van der Waals surface area (Å²) in [4.78, 5) is 14.0. The Morgan fingerprint density at radius 2 is 2.25 bits per heavy atom. The van der Waals surface area contributed by atoms with Crippen LogP contribution in [-0.4, -0.2) is 37.0 Å². The first kappa shape index (κ1) is 13.0. The molecule has 0 radical (unpaired) electrons. The molecule has 1 N–H and O–H groups in total. The van der Waals surface area contributed by atoms with Gasteiger partial charge in [-0.05, 0) is 33.2 Å². The van der Waals surface area contributed by atoms with Gasteiger partial charge >= 0.3 is 0 Å². The molecule has 1 aliphatic carbocycles. The lowest BCUT2D eigenvalue weighted by Gasteiger charge is -2.20. The number of amides is 1. The number of likely N-dealkylation sites (N-methyl/N-ethyl adjacent to an activating group) is 1. The van der Waals surface area contributed by atoms with Gasteiger partial charge in [-0.15, -0.1) is 0 Å². The van der Waals surface area contributed by atoms with E-state index in [0.29, 0.717) is 19.0 Å². The highest BCUT2D eigenvalue weighted by Crippen LogP contribution is 2.24. The van der Waals surface area contributed by atoms with Gasteiger partial charge in [0, 0.05) is 19.1 Å². The Kier molecular flexibility index (Phi) is 4.31. The van der Waals surface area contributed by atoms with Crippen LogP contribution in [0.1, 0.15) is 33.1 Å². The molecule has 16 heavy (non-hydrogen) atoms. The number of hydrogen-bond acceptors (Lipinski definition) is 3. The first-order chi connectivity index (χ1) is 7.53. The van der Waals surface area contributed by atoms with Gasteiger partial charge in [0.2, 0.25) is 5.91 Å². The third kappa shape index (κ3) is 3.21. The van der Waals surface area contributed by atoms with Crippen LogP contribution in [-0.2, 0) is 4.79 Å². The molecular formula is C12H21N3O. The van der Waals surface area contributed by atoms with Crippen LogP contribution in [0.15, 0.2) is 0 Å². The van der Waals surface area contributed by atoms with Crippen molar-refractivity contribution < 1.29 is 4.79 Å². The summed E-state index contributed by atoms with van der Waals surface area (Å²) in [7, 11) is 2.08. The van der Waals surface area contributed by atoms with E-state index in [2.05, 4.69) is 23.3 Å². The van der Waals surface area contributed by atoms with Crippen molar-refractivity contribution in [2.75, 3.05) is 20.1 Å². The molecule has 90 valence electrons. The minimum atomic E-state index is -0.877. The van der Waals surface area contributed by atoms with Crippen molar-refractivity contribution in [1.82, 2.24) is 10.2 Å². The minimum Gasteiger partial charge on any atom is -0.353 e. The molecule has 1 fully saturated rings. The van der Waals surface area contributed by atoms with Crippen LogP contribution in [0.5, 0.6) is 0 Å². The highest BCUT2D eigenvalue weighted by atomic mass is 16.2. The van der Waals surface area contributed by atoms with Gasteiger partial charge in [-0.25, -0.2) is 0 Å². The molecule has 0 bridgehead atoms. The highest BCUT2D eigenvalue weighted by Gasteiger charge is 2.31. The molecule has 0 saturated heterocycles. The van der Waals surface area contributed by atoms with E-state index in [1.807, 2.05) is 6.92 Å². The van der Waals surface area contributed by atoms with E-state index in [4.69, 9.17) is 5.26 Å². The van der Waals surface area contributed by atoms with Crippen LogP contribution in [0, 0.1) is 16.7 Å². The summed E-state index contributed by atoms with van der Waals surface area (Å²) in [6.45, 7) is 5.04. The lowest BCUT2D eigenvalue weighted by molar-refractivity contribution is -0.127. The maximum absolute atomic E-state index is 11.7. The van der Waals surface area contributed by atoms with Gasteiger partial charge in [-0.1, -0.05) is 6.92 Å². The smallest absolute Gasteiger partial charge is 0.240 e. The number of hydrogen-bond donors (Lipinski definition) is 1. The lowest BCUT2D eigenvalue weighted by Crippen LogP contribution is -2.41. The highest BCUT2D eigenvalue weighted by molar-refractivity contribution is 5.84. The van der Waals surface area contributed by atoms with E-state index in [-0.39, 0.29) is 5.91 Å². The Morgan fingerprint density at radius 1 is 1.62 bits per heavy atom. The topological polar surface area (TPSA) is 56.1 Å². The predicted molar refractivity (Wildman–Crippen MR) is 62.7 cm³/mol. The van der Waals surface area contributed by atoms with Crippen LogP contribution >= 0.6 is 0 Å². The van der Waals surface area contributed by atoms with E-state index in [1.165, 1.54) is 12.8 Å². The van der Waals surface area contributed by atoms with Crippen LogP contribution in [0.2, 0.25) is 0 Å². The van der Waals surface area contributed by atoms with Gasteiger partial charge in [0.1, 0.15) is 5.41 Å². The average Bonchev–Trinajstić information content (AvgIpc) is 3.11. The summed E-state index contributed by atoms with van der Waals surface area (Å²) in [5, 5.41) is 11.8. The van der Waals surface area contributed by atoms with Crippen LogP contribution in [0.25, 0.3) is 0 Å². The Labute approximate surface area is 97.6 Å². The zero-order chi connectivity index (χ0) is 12.2. The maximum Gasteiger partial charge on any atom is 0.240 e. The maximum atomic E-state index is 11.7. The van der Waals surface area contributed by atoms with Gasteiger partial charge in [-0.2, -0.15) is 5.26 Å². The molecule has 1 rings (SSSR count). The summed E-state index contributed by atoms with van der Waals surface area (Å²) in [6, 6.07) is 2.79. The molecule has 1 amide bonds. The molecule has 1 aliphatic rings. The molecule has 0 aromatic rings. The quantitative estimate of drug-likeness (QED) is 0.734. The van der Waals surface area contributed by atoms with Gasteiger partial charge < -0.3 is 10.2 Å². The minimum absolute atomic E-state index is 0.151. The average molecular weight is 223 g/mol. The van der Waals surface area contributed by atoms with Gasteiger partial charge in [0.05, 0.1) is 6.07 Å². The van der Waals surface area contributed by atoms with Crippen molar-refractivity contribution >= 4 is 5.91 Å². The summed E-state index contributed by atoms with van der Waals surface area (Å²) < 4.78 is 0. The molecule has 0 aliphatic heterocycles. The number of carbonyl (C=O) groups excluding carboxylic acids is 1. The summed E-state index contributed by atoms with van der Waals surface area (Å²) in [5.41, 5.74) is -0.877. The first-order valence-corrected chi connectivity index (χ1v) is 5.93. The molecule has 0 spiro atoms. The van der Waals surface area contributed by atoms with Crippen molar-refractivity contribution in [3.8, 4) is 6.07 Å². The lowest BCUT2D eigenvalue weighted by atomic mass is 9.88. The number of carbonyl (C=O) groups is 1. The van der Waals surface area contributed by atoms with Gasteiger partial charge in [0.25, 0.3) is 0 Å². The predicted octanol–water partition coefficient (Wildman–Crippen LogP) is 1.14. The Balaban J connectivity index is 2.26. The molecule has 0 aromatic heterocycles. The van der Waals surface area contributed by atoms with Crippen molar-refractivity contribution in [2.45, 2.75) is 39.2 Å². The molecule has 1 atom stereocenters. The van der Waals surface area contributed by atoms with E-state index < -0.39 is 5.41 Å². The Hall–Kier alpha value is -1.08. The zero-order valence-corrected chi connectivity index (χ0v) is 10.4. The molecule has 4 nitrogen and oxygen atoms in total. The fourth-order valence-electron chi connectivity index (χ4n) is 1.53. The van der Waals surface area contributed by atoms with E-state index >= 15 is 0 Å². The third-order valence-corrected chi connectivity index (χ3v) is 3.38. The SMILES string of the molecule is CCC(C)(C#N)C(=O)NCCN(C)C1CC1. The van der Waals surface area contributed by atoms with Crippen molar-refractivity contribution in [3.05, 3.63) is 0 Å². The first-order valence-electron chi connectivity index (χ1n) is 5.93. The normalized spacial score (nSPS) is 18.9. The standard InChI is InChI=1S/C12H21N3O/c1-4-12(2,9-13)11(16)14-7-8-15(3)10-5-6-10/h10H,4-8H2,1-3H3,(H,14,16). The monoisotopic (exact) mass is 223 g/mol. The Bertz CT molecular complexity index is 293. The van der Waals surface area contributed by atoms with Crippen molar-refractivity contribution in [1.29, 1.82) is 5.26 Å². The fourth-order valence-corrected chi connectivity index (χ4v) is 1.53. The number of nitrogens with one attached hydrogen (secondary N) is 1. The molecule has 0 aromatic carbocycles. The van der Waals surface area contributed by atoms with Crippen LogP contribution in [0.3, 0.4) is 0 Å². The van der Waals surface area contributed by atoms with Crippen molar-refractivity contribution in [3.63, 3.8) is 0 Å². The molecule has 4 heteroatoms. The van der Waals surface area contributed by atoms with E-state index in [1.54, 1.807) is 6.92 Å². The molecule has 1 unspecified atom stereocenters. The second-order valence-electron chi connectivity index (χ2n) is 4.77. The second kappa shape index (κ2) is 5.31. The number of nitriles is 1. The second-order valence-corrected chi connectivity index (χ2v) is 4.77. The summed E-state index contributed by atoms with van der Waals surface area (Å²) in [6.07, 6.45) is 3.10. The van der Waals surface area contributed by atoms with E-state index in [0.717, 1.165) is 6.54 Å². The van der Waals surface area contributed by atoms with E-state index in [9.17, 15) is 4.79 Å². The van der Waals surface area contributed by atoms with Gasteiger partial charge in [-0.3, -0.25) is 4.79 Å². The fraction of sp³-hybridized carbons (Fsp3) is 0.833. The molecular weight excluding hydrogens is 202 g/mol. The number of nitrogens with zero attached hydrogens (tertiary/aromatic N) is 2. The van der Waals surface area contributed by atoms with Crippen LogP contribution in [0.4, 0.5) is 0 Å². The number of rotatable bonds is 6. The van der Waals surface area contributed by atoms with Crippen molar-refractivity contribution in [2.24, 2.45) is 5.41 Å². The zero-order valence-electron chi connectivity index (χ0n) is 10.4.